The van der Waals surface area contributed by atoms with Gasteiger partial charge < -0.3 is 9.84 Å². The third-order valence-electron chi connectivity index (χ3n) is 4.21. The van der Waals surface area contributed by atoms with E-state index in [1.165, 1.54) is 48.5 Å². The first-order chi connectivity index (χ1) is 15.0. The molecule has 8 nitrogen and oxygen atoms in total. The Balaban J connectivity index is 2.11. The fourth-order valence-electron chi connectivity index (χ4n) is 2.78. The molecule has 1 aromatic heterocycles. The van der Waals surface area contributed by atoms with Crippen LogP contribution in [0.2, 0.25) is 0 Å². The van der Waals surface area contributed by atoms with E-state index in [4.69, 9.17) is 9.84 Å². The van der Waals surface area contributed by atoms with Crippen LogP contribution in [0.3, 0.4) is 0 Å². The predicted octanol–water partition coefficient (Wildman–Crippen LogP) is 3.80. The number of nitrogens with one attached hydrogen (secondary N) is 1. The summed E-state index contributed by atoms with van der Waals surface area (Å²) in [6.45, 7) is 0. The summed E-state index contributed by atoms with van der Waals surface area (Å²) in [5, 5.41) is 12.7. The van der Waals surface area contributed by atoms with Crippen LogP contribution in [0.4, 0.5) is 18.9 Å². The highest BCUT2D eigenvalue weighted by Gasteiger charge is 2.32. The van der Waals surface area contributed by atoms with E-state index in [2.05, 4.69) is 9.82 Å². The molecule has 168 valence electrons. The summed E-state index contributed by atoms with van der Waals surface area (Å²) in [5.74, 6) is -1.33. The van der Waals surface area contributed by atoms with E-state index in [0.717, 1.165) is 24.3 Å². The Bertz CT molecular complexity index is 1270. The van der Waals surface area contributed by atoms with Gasteiger partial charge in [-0.15, -0.1) is 0 Å². The normalized spacial score (nSPS) is 12.1. The minimum atomic E-state index is -4.71. The number of alkyl halides is 3. The van der Waals surface area contributed by atoms with Crippen molar-refractivity contribution in [1.82, 2.24) is 9.78 Å². The van der Waals surface area contributed by atoms with Crippen LogP contribution in [0.1, 0.15) is 11.1 Å². The second-order valence-electron chi connectivity index (χ2n) is 6.37. The number of halogens is 3. The molecule has 0 saturated heterocycles. The molecule has 0 aliphatic carbocycles. The molecule has 2 aromatic carbocycles. The molecule has 1 heterocycles. The zero-order valence-corrected chi connectivity index (χ0v) is 17.2. The first-order valence-electron chi connectivity index (χ1n) is 8.84. The van der Waals surface area contributed by atoms with Crippen molar-refractivity contribution in [3.05, 3.63) is 72.1 Å². The van der Waals surface area contributed by atoms with E-state index < -0.39 is 32.6 Å². The van der Waals surface area contributed by atoms with Crippen molar-refractivity contribution in [3.63, 3.8) is 0 Å². The van der Waals surface area contributed by atoms with E-state index in [1.54, 1.807) is 0 Å². The fraction of sp³-hybridized carbons (Fsp3) is 0.100. The number of hydrogen-bond donors (Lipinski definition) is 2. The number of carboxylic acid groups (broad SMARTS) is 1. The number of ether oxygens (including phenoxy) is 1. The van der Waals surface area contributed by atoms with E-state index in [1.807, 2.05) is 0 Å². The summed E-state index contributed by atoms with van der Waals surface area (Å²) in [6.07, 6.45) is 0.103. The van der Waals surface area contributed by atoms with Crippen LogP contribution < -0.4 is 9.46 Å². The number of anilines is 1. The summed E-state index contributed by atoms with van der Waals surface area (Å²) in [7, 11) is -3.23. The zero-order valence-electron chi connectivity index (χ0n) is 16.4. The van der Waals surface area contributed by atoms with E-state index in [9.17, 15) is 26.4 Å². The maximum absolute atomic E-state index is 13.2. The molecule has 2 N–H and O–H groups in total. The summed E-state index contributed by atoms with van der Waals surface area (Å²) in [4.78, 5) is 10.3. The van der Waals surface area contributed by atoms with Crippen molar-refractivity contribution in [2.75, 3.05) is 11.8 Å². The molecule has 0 saturated carbocycles. The van der Waals surface area contributed by atoms with Gasteiger partial charge in [-0.25, -0.2) is 17.9 Å². The van der Waals surface area contributed by atoms with Gasteiger partial charge in [-0.3, -0.25) is 4.72 Å². The molecule has 0 aliphatic heterocycles. The molecule has 0 amide bonds. The van der Waals surface area contributed by atoms with Gasteiger partial charge in [-0.1, -0.05) is 6.07 Å². The highest BCUT2D eigenvalue weighted by atomic mass is 32.2. The largest absolute Gasteiger partial charge is 0.495 e. The molecule has 0 atom stereocenters. The Labute approximate surface area is 180 Å². The van der Waals surface area contributed by atoms with Crippen LogP contribution in [-0.4, -0.2) is 36.4 Å². The molecule has 0 bridgehead atoms. The number of hydrogen-bond acceptors (Lipinski definition) is 5. The van der Waals surface area contributed by atoms with Gasteiger partial charge in [0.15, 0.2) is 0 Å². The van der Waals surface area contributed by atoms with Gasteiger partial charge in [0.05, 0.1) is 24.0 Å². The van der Waals surface area contributed by atoms with Crippen LogP contribution >= 0.6 is 0 Å². The average Bonchev–Trinajstić information content (AvgIpc) is 3.25. The summed E-state index contributed by atoms with van der Waals surface area (Å²) < 4.78 is 74.4. The van der Waals surface area contributed by atoms with Crippen molar-refractivity contribution in [2.45, 2.75) is 11.1 Å². The number of carboxylic acids is 1. The number of aliphatic carboxylic acids is 1. The van der Waals surface area contributed by atoms with Gasteiger partial charge >= 0.3 is 12.1 Å². The lowest BCUT2D eigenvalue weighted by Crippen LogP contribution is -2.17. The van der Waals surface area contributed by atoms with E-state index in [-0.39, 0.29) is 22.7 Å². The van der Waals surface area contributed by atoms with Crippen molar-refractivity contribution < 1.29 is 36.2 Å². The Kier molecular flexibility index (Phi) is 6.25. The average molecular weight is 467 g/mol. The number of methoxy groups -OCH3 is 1. The molecule has 3 aromatic rings. The second kappa shape index (κ2) is 8.75. The maximum Gasteiger partial charge on any atom is 0.416 e. The van der Waals surface area contributed by atoms with Crippen molar-refractivity contribution in [2.24, 2.45) is 0 Å². The molecule has 0 radical (unpaired) electrons. The van der Waals surface area contributed by atoms with E-state index in [0.29, 0.717) is 6.07 Å². The Morgan fingerprint density at radius 2 is 1.97 bits per heavy atom. The number of benzene rings is 2. The predicted molar refractivity (Wildman–Crippen MR) is 109 cm³/mol. The smallest absolute Gasteiger partial charge is 0.416 e. The van der Waals surface area contributed by atoms with Gasteiger partial charge in [-0.2, -0.15) is 18.3 Å². The number of aromatic nitrogens is 2. The lowest BCUT2D eigenvalue weighted by atomic mass is 10.1. The zero-order chi connectivity index (χ0) is 23.5. The topological polar surface area (TPSA) is 111 Å². The lowest BCUT2D eigenvalue weighted by molar-refractivity contribution is -0.137. The monoisotopic (exact) mass is 467 g/mol. The number of nitrogens with zero attached hydrogens (tertiary/aromatic N) is 2. The molecule has 12 heteroatoms. The first kappa shape index (κ1) is 22.9. The highest BCUT2D eigenvalue weighted by molar-refractivity contribution is 7.92. The number of sulfonamides is 1. The van der Waals surface area contributed by atoms with Crippen LogP contribution in [-0.2, 0) is 21.0 Å². The summed E-state index contributed by atoms with van der Waals surface area (Å²) in [5.41, 5.74) is -1.13. The highest BCUT2D eigenvalue weighted by Crippen LogP contribution is 2.35. The van der Waals surface area contributed by atoms with Gasteiger partial charge in [0.25, 0.3) is 10.0 Å². The van der Waals surface area contributed by atoms with Crippen LogP contribution in [0.5, 0.6) is 5.75 Å². The molecule has 0 fully saturated rings. The molecule has 0 spiro atoms. The number of rotatable bonds is 7. The third kappa shape index (κ3) is 5.09. The molecular weight excluding hydrogens is 451 g/mol. The van der Waals surface area contributed by atoms with Crippen molar-refractivity contribution in [3.8, 4) is 11.4 Å². The first-order valence-corrected chi connectivity index (χ1v) is 10.3. The SMILES string of the molecule is COc1ccc(/C=C/C(=O)O)cc1S(=O)(=O)Nc1cc(C(F)(F)F)ccc1-n1cccn1. The summed E-state index contributed by atoms with van der Waals surface area (Å²) in [6, 6.07) is 7.96. The standard InChI is InChI=1S/C20H16F3N3O5S/c1-31-17-7-3-13(4-8-19(27)28)11-18(17)32(29,30)25-15-12-14(20(21,22)23)5-6-16(15)26-10-2-9-24-26/h2-12,25H,1H3,(H,27,28)/b8-4+. The number of carbonyl (C=O) groups is 1. The van der Waals surface area contributed by atoms with Gasteiger partial charge in [0.1, 0.15) is 10.6 Å². The summed E-state index contributed by atoms with van der Waals surface area (Å²) >= 11 is 0. The van der Waals surface area contributed by atoms with Crippen molar-refractivity contribution in [1.29, 1.82) is 0 Å². The maximum atomic E-state index is 13.2. The Morgan fingerprint density at radius 1 is 1.22 bits per heavy atom. The Morgan fingerprint density at radius 3 is 2.56 bits per heavy atom. The fourth-order valence-corrected chi connectivity index (χ4v) is 4.05. The third-order valence-corrected chi connectivity index (χ3v) is 5.60. The molecule has 3 rings (SSSR count). The minimum absolute atomic E-state index is 0.0625. The van der Waals surface area contributed by atoms with Crippen LogP contribution in [0.25, 0.3) is 11.8 Å². The lowest BCUT2D eigenvalue weighted by Gasteiger charge is -2.17. The quantitative estimate of drug-likeness (QED) is 0.512. The Hall–Kier alpha value is -3.80. The van der Waals surface area contributed by atoms with Crippen LogP contribution in [0.15, 0.2) is 65.8 Å². The molecule has 0 unspecified atom stereocenters. The molecular formula is C20H16F3N3O5S. The van der Waals surface area contributed by atoms with Crippen molar-refractivity contribution >= 4 is 27.8 Å². The van der Waals surface area contributed by atoms with E-state index >= 15 is 0 Å². The molecule has 0 aliphatic rings. The second-order valence-corrected chi connectivity index (χ2v) is 8.02. The van der Waals surface area contributed by atoms with Gasteiger partial charge in [0.2, 0.25) is 0 Å². The van der Waals surface area contributed by atoms with Crippen LogP contribution in [0, 0.1) is 0 Å². The van der Waals surface area contributed by atoms with Gasteiger partial charge in [0, 0.05) is 18.5 Å². The minimum Gasteiger partial charge on any atom is -0.495 e. The molecule has 32 heavy (non-hydrogen) atoms. The van der Waals surface area contributed by atoms with Gasteiger partial charge in [-0.05, 0) is 48.0 Å².